The average Bonchev–Trinajstić information content (AvgIpc) is 2.28. The first kappa shape index (κ1) is 12.0. The molecule has 0 heterocycles. The van der Waals surface area contributed by atoms with E-state index in [1.807, 2.05) is 0 Å². The molecule has 0 fully saturated rings. The Bertz CT molecular complexity index is 303. The predicted octanol–water partition coefficient (Wildman–Crippen LogP) is 4.84. The molecule has 0 aliphatic heterocycles. The van der Waals surface area contributed by atoms with Crippen LogP contribution in [0.5, 0.6) is 0 Å². The van der Waals surface area contributed by atoms with Crippen molar-refractivity contribution in [3.8, 4) is 0 Å². The van der Waals surface area contributed by atoms with E-state index in [-0.39, 0.29) is 0 Å². The molecule has 0 atom stereocenters. The van der Waals surface area contributed by atoms with Crippen molar-refractivity contribution in [1.82, 2.24) is 0 Å². The second kappa shape index (κ2) is 6.44. The minimum Gasteiger partial charge on any atom is -0.0838 e. The van der Waals surface area contributed by atoms with Crippen molar-refractivity contribution in [2.75, 3.05) is 0 Å². The average molecular weight is 202 g/mol. The molecule has 1 rings (SSSR count). The maximum Gasteiger partial charge on any atom is -0.0228 e. The standard InChI is InChI=1S/C15H22/c1-4-7-13-9-11-15(12-10-13)14(6-3)8-5-2/h6,9-12H,4-5,7-8H2,1-3H3. The van der Waals surface area contributed by atoms with E-state index in [0.29, 0.717) is 0 Å². The van der Waals surface area contributed by atoms with Gasteiger partial charge in [0.15, 0.2) is 0 Å². The fourth-order valence-electron chi connectivity index (χ4n) is 1.90. The van der Waals surface area contributed by atoms with Crippen molar-refractivity contribution in [3.63, 3.8) is 0 Å². The first-order valence-corrected chi connectivity index (χ1v) is 6.06. The third kappa shape index (κ3) is 3.54. The predicted molar refractivity (Wildman–Crippen MR) is 69.0 cm³/mol. The summed E-state index contributed by atoms with van der Waals surface area (Å²) in [5, 5.41) is 0. The second-order valence-corrected chi connectivity index (χ2v) is 4.01. The molecule has 1 aromatic carbocycles. The minimum atomic E-state index is 1.18. The Hall–Kier alpha value is -1.04. The fourth-order valence-corrected chi connectivity index (χ4v) is 1.90. The Kier molecular flexibility index (Phi) is 5.17. The van der Waals surface area contributed by atoms with E-state index in [0.717, 1.165) is 0 Å². The van der Waals surface area contributed by atoms with Gasteiger partial charge in [0.25, 0.3) is 0 Å². The van der Waals surface area contributed by atoms with E-state index in [1.54, 1.807) is 0 Å². The molecular formula is C15H22. The highest BCUT2D eigenvalue weighted by molar-refractivity contribution is 5.65. The van der Waals surface area contributed by atoms with Gasteiger partial charge in [-0.1, -0.05) is 57.0 Å². The van der Waals surface area contributed by atoms with Crippen molar-refractivity contribution in [1.29, 1.82) is 0 Å². The van der Waals surface area contributed by atoms with Gasteiger partial charge in [0, 0.05) is 0 Å². The number of aryl methyl sites for hydroxylation is 1. The smallest absolute Gasteiger partial charge is 0.0228 e. The molecule has 0 nitrogen and oxygen atoms in total. The Morgan fingerprint density at radius 2 is 1.73 bits per heavy atom. The summed E-state index contributed by atoms with van der Waals surface area (Å²) in [6, 6.07) is 9.04. The van der Waals surface area contributed by atoms with Crippen molar-refractivity contribution in [2.24, 2.45) is 0 Å². The Balaban J connectivity index is 2.78. The van der Waals surface area contributed by atoms with Crippen LogP contribution in [-0.2, 0) is 6.42 Å². The summed E-state index contributed by atoms with van der Waals surface area (Å²) in [6.45, 7) is 6.59. The molecule has 0 aliphatic carbocycles. The summed E-state index contributed by atoms with van der Waals surface area (Å²) in [4.78, 5) is 0. The molecule has 0 aromatic heterocycles. The van der Waals surface area contributed by atoms with Gasteiger partial charge in [-0.05, 0) is 36.5 Å². The van der Waals surface area contributed by atoms with Crippen LogP contribution in [0.2, 0.25) is 0 Å². The number of benzene rings is 1. The summed E-state index contributed by atoms with van der Waals surface area (Å²) in [5.41, 5.74) is 4.31. The Labute approximate surface area is 94.0 Å². The molecule has 0 aliphatic rings. The van der Waals surface area contributed by atoms with Gasteiger partial charge < -0.3 is 0 Å². The van der Waals surface area contributed by atoms with E-state index in [1.165, 1.54) is 42.4 Å². The maximum absolute atomic E-state index is 2.26. The van der Waals surface area contributed by atoms with Gasteiger partial charge in [-0.25, -0.2) is 0 Å². The molecule has 0 amide bonds. The molecule has 0 unspecified atom stereocenters. The van der Waals surface area contributed by atoms with Crippen LogP contribution in [0.15, 0.2) is 30.3 Å². The van der Waals surface area contributed by atoms with Crippen LogP contribution in [0.1, 0.15) is 51.2 Å². The zero-order valence-electron chi connectivity index (χ0n) is 10.2. The lowest BCUT2D eigenvalue weighted by Crippen LogP contribution is -1.87. The quantitative estimate of drug-likeness (QED) is 0.640. The van der Waals surface area contributed by atoms with Gasteiger partial charge >= 0.3 is 0 Å². The molecular weight excluding hydrogens is 180 g/mol. The number of rotatable bonds is 5. The maximum atomic E-state index is 2.26. The third-order valence-corrected chi connectivity index (χ3v) is 2.73. The largest absolute Gasteiger partial charge is 0.0838 e. The van der Waals surface area contributed by atoms with E-state index < -0.39 is 0 Å². The number of hydrogen-bond acceptors (Lipinski definition) is 0. The monoisotopic (exact) mass is 202 g/mol. The zero-order chi connectivity index (χ0) is 11.1. The van der Waals surface area contributed by atoms with Crippen molar-refractivity contribution >= 4 is 5.57 Å². The van der Waals surface area contributed by atoms with Gasteiger partial charge in [-0.3, -0.25) is 0 Å². The first-order valence-electron chi connectivity index (χ1n) is 6.06. The molecule has 0 bridgehead atoms. The molecule has 1 aromatic rings. The van der Waals surface area contributed by atoms with Crippen LogP contribution in [0.25, 0.3) is 5.57 Å². The highest BCUT2D eigenvalue weighted by atomic mass is 14.0. The Morgan fingerprint density at radius 3 is 2.20 bits per heavy atom. The van der Waals surface area contributed by atoms with E-state index in [2.05, 4.69) is 51.1 Å². The van der Waals surface area contributed by atoms with Crippen LogP contribution in [0.4, 0.5) is 0 Å². The second-order valence-electron chi connectivity index (χ2n) is 4.01. The normalized spacial score (nSPS) is 11.8. The van der Waals surface area contributed by atoms with Crippen LogP contribution in [-0.4, -0.2) is 0 Å². The lowest BCUT2D eigenvalue weighted by atomic mass is 9.99. The van der Waals surface area contributed by atoms with E-state index in [9.17, 15) is 0 Å². The molecule has 0 radical (unpaired) electrons. The first-order chi connectivity index (χ1) is 7.31. The third-order valence-electron chi connectivity index (χ3n) is 2.73. The van der Waals surface area contributed by atoms with Crippen LogP contribution in [0, 0.1) is 0 Å². The summed E-state index contributed by atoms with van der Waals surface area (Å²) in [7, 11) is 0. The SMILES string of the molecule is CC=C(CCC)c1ccc(CCC)cc1. The van der Waals surface area contributed by atoms with Gasteiger partial charge in [-0.15, -0.1) is 0 Å². The van der Waals surface area contributed by atoms with E-state index in [4.69, 9.17) is 0 Å². The number of hydrogen-bond donors (Lipinski definition) is 0. The highest BCUT2D eigenvalue weighted by Gasteiger charge is 1.99. The topological polar surface area (TPSA) is 0 Å². The minimum absolute atomic E-state index is 1.18. The molecule has 82 valence electrons. The fraction of sp³-hybridized carbons (Fsp3) is 0.467. The molecule has 0 N–H and O–H groups in total. The van der Waals surface area contributed by atoms with Gasteiger partial charge in [-0.2, -0.15) is 0 Å². The lowest BCUT2D eigenvalue weighted by molar-refractivity contribution is 0.921. The molecule has 0 saturated carbocycles. The highest BCUT2D eigenvalue weighted by Crippen LogP contribution is 2.20. The Morgan fingerprint density at radius 1 is 1.07 bits per heavy atom. The summed E-state index contributed by atoms with van der Waals surface area (Å²) >= 11 is 0. The van der Waals surface area contributed by atoms with Gasteiger partial charge in [0.05, 0.1) is 0 Å². The number of allylic oxidation sites excluding steroid dienone is 2. The zero-order valence-corrected chi connectivity index (χ0v) is 10.2. The lowest BCUT2D eigenvalue weighted by Gasteiger charge is -2.07. The summed E-state index contributed by atoms with van der Waals surface area (Å²) in [5.74, 6) is 0. The van der Waals surface area contributed by atoms with Crippen LogP contribution >= 0.6 is 0 Å². The van der Waals surface area contributed by atoms with Crippen molar-refractivity contribution in [3.05, 3.63) is 41.5 Å². The molecule has 15 heavy (non-hydrogen) atoms. The molecule has 0 spiro atoms. The summed E-state index contributed by atoms with van der Waals surface area (Å²) in [6.07, 6.45) is 7.06. The van der Waals surface area contributed by atoms with Crippen molar-refractivity contribution < 1.29 is 0 Å². The van der Waals surface area contributed by atoms with Crippen LogP contribution < -0.4 is 0 Å². The van der Waals surface area contributed by atoms with Crippen molar-refractivity contribution in [2.45, 2.75) is 46.5 Å². The van der Waals surface area contributed by atoms with E-state index >= 15 is 0 Å². The van der Waals surface area contributed by atoms with Crippen LogP contribution in [0.3, 0.4) is 0 Å². The molecule has 0 heteroatoms. The van der Waals surface area contributed by atoms with Gasteiger partial charge in [0.2, 0.25) is 0 Å². The van der Waals surface area contributed by atoms with Gasteiger partial charge in [0.1, 0.15) is 0 Å². The molecule has 0 saturated heterocycles. The summed E-state index contributed by atoms with van der Waals surface area (Å²) < 4.78 is 0.